The topological polar surface area (TPSA) is 51.1 Å². The normalized spacial score (nSPS) is 10.5. The zero-order valence-corrected chi connectivity index (χ0v) is 14.2. The molecule has 1 aromatic carbocycles. The minimum absolute atomic E-state index is 0.0247. The highest BCUT2D eigenvalue weighted by Crippen LogP contribution is 2.14. The summed E-state index contributed by atoms with van der Waals surface area (Å²) in [5.74, 6) is -0.176. The Morgan fingerprint density at radius 1 is 1.18 bits per heavy atom. The van der Waals surface area contributed by atoms with E-state index in [9.17, 15) is 9.59 Å². The molecule has 0 bridgehead atoms. The number of halogens is 2. The summed E-state index contributed by atoms with van der Waals surface area (Å²) in [6.45, 7) is 1.17. The van der Waals surface area contributed by atoms with Crippen molar-refractivity contribution in [1.82, 2.24) is 9.88 Å². The maximum atomic E-state index is 11.9. The van der Waals surface area contributed by atoms with Crippen LogP contribution < -0.4 is 10.9 Å². The average Bonchev–Trinajstić information content (AvgIpc) is 2.50. The number of carbonyl (C=O) groups excluding carboxylic acids is 1. The molecule has 2 aromatic rings. The van der Waals surface area contributed by atoms with E-state index in [-0.39, 0.29) is 11.5 Å². The number of nitrogens with zero attached hydrogens (tertiary/aromatic N) is 1. The highest BCUT2D eigenvalue weighted by atomic mass is 79.9. The molecule has 1 N–H and O–H groups in total. The molecule has 1 aromatic heterocycles. The number of unbranched alkanes of at least 4 members (excludes halogenated alkanes) is 1. The van der Waals surface area contributed by atoms with Crippen LogP contribution in [0.1, 0.15) is 23.2 Å². The molecule has 0 unspecified atom stereocenters. The molecule has 0 aliphatic rings. The van der Waals surface area contributed by atoms with Crippen molar-refractivity contribution < 1.29 is 4.79 Å². The zero-order valence-electron chi connectivity index (χ0n) is 11.9. The van der Waals surface area contributed by atoms with Gasteiger partial charge < -0.3 is 9.88 Å². The molecule has 0 saturated carbocycles. The van der Waals surface area contributed by atoms with Crippen LogP contribution in [0.3, 0.4) is 0 Å². The maximum absolute atomic E-state index is 11.9. The van der Waals surface area contributed by atoms with Crippen LogP contribution in [-0.2, 0) is 6.54 Å². The van der Waals surface area contributed by atoms with Crippen molar-refractivity contribution >= 4 is 33.4 Å². The molecule has 2 rings (SSSR count). The Balaban J connectivity index is 1.76. The van der Waals surface area contributed by atoms with Crippen LogP contribution >= 0.6 is 27.5 Å². The average molecular weight is 384 g/mol. The minimum atomic E-state index is -0.176. The van der Waals surface area contributed by atoms with Gasteiger partial charge in [-0.1, -0.05) is 23.7 Å². The van der Waals surface area contributed by atoms with Crippen LogP contribution in [0.2, 0.25) is 5.02 Å². The highest BCUT2D eigenvalue weighted by molar-refractivity contribution is 9.10. The number of benzene rings is 1. The van der Waals surface area contributed by atoms with Gasteiger partial charge in [0.05, 0.1) is 10.6 Å². The van der Waals surface area contributed by atoms with Crippen molar-refractivity contribution in [3.05, 3.63) is 68.0 Å². The van der Waals surface area contributed by atoms with Gasteiger partial charge in [0.1, 0.15) is 0 Å². The van der Waals surface area contributed by atoms with E-state index in [2.05, 4.69) is 21.2 Å². The van der Waals surface area contributed by atoms with E-state index in [1.165, 1.54) is 6.07 Å². The third-order valence-electron chi connectivity index (χ3n) is 3.18. The van der Waals surface area contributed by atoms with Crippen molar-refractivity contribution in [3.63, 3.8) is 0 Å². The molecular formula is C16H16BrClN2O2. The summed E-state index contributed by atoms with van der Waals surface area (Å²) in [5.41, 5.74) is 0.454. The Morgan fingerprint density at radius 2 is 1.95 bits per heavy atom. The van der Waals surface area contributed by atoms with Crippen molar-refractivity contribution in [3.8, 4) is 0 Å². The summed E-state index contributed by atoms with van der Waals surface area (Å²) < 4.78 is 2.53. The number of carbonyl (C=O) groups is 1. The Morgan fingerprint density at radius 3 is 2.73 bits per heavy atom. The molecule has 6 heteroatoms. The third kappa shape index (κ3) is 4.71. The Bertz CT molecular complexity index is 715. The van der Waals surface area contributed by atoms with E-state index in [0.29, 0.717) is 23.7 Å². The largest absolute Gasteiger partial charge is 0.352 e. The van der Waals surface area contributed by atoms with Gasteiger partial charge in [-0.3, -0.25) is 9.59 Å². The summed E-state index contributed by atoms with van der Waals surface area (Å²) in [7, 11) is 0. The molecule has 1 heterocycles. The van der Waals surface area contributed by atoms with E-state index < -0.39 is 0 Å². The highest BCUT2D eigenvalue weighted by Gasteiger charge is 2.08. The Labute approximate surface area is 142 Å². The van der Waals surface area contributed by atoms with Gasteiger partial charge in [-0.05, 0) is 47.0 Å². The van der Waals surface area contributed by atoms with Crippen LogP contribution in [-0.4, -0.2) is 17.0 Å². The molecule has 0 atom stereocenters. The molecule has 0 radical (unpaired) electrons. The molecule has 4 nitrogen and oxygen atoms in total. The first-order valence-corrected chi connectivity index (χ1v) is 8.14. The Hall–Kier alpha value is -1.59. The number of hydrogen-bond donors (Lipinski definition) is 1. The number of rotatable bonds is 6. The lowest BCUT2D eigenvalue weighted by molar-refractivity contribution is 0.0953. The van der Waals surface area contributed by atoms with Gasteiger partial charge in [0.25, 0.3) is 11.5 Å². The molecular weight excluding hydrogens is 368 g/mol. The molecule has 0 spiro atoms. The van der Waals surface area contributed by atoms with Crippen LogP contribution in [0.5, 0.6) is 0 Å². The fourth-order valence-corrected chi connectivity index (χ4v) is 2.63. The zero-order chi connectivity index (χ0) is 15.9. The fourth-order valence-electron chi connectivity index (χ4n) is 2.03. The lowest BCUT2D eigenvalue weighted by Crippen LogP contribution is -2.25. The molecule has 0 saturated heterocycles. The Kier molecular flexibility index (Phi) is 6.21. The van der Waals surface area contributed by atoms with Crippen molar-refractivity contribution in [2.45, 2.75) is 19.4 Å². The predicted molar refractivity (Wildman–Crippen MR) is 91.4 cm³/mol. The number of amides is 1. The molecule has 0 aliphatic heterocycles. The van der Waals surface area contributed by atoms with Gasteiger partial charge in [-0.2, -0.15) is 0 Å². The molecule has 0 fully saturated rings. The second-order valence-corrected chi connectivity index (χ2v) is 6.14. The van der Waals surface area contributed by atoms with E-state index in [4.69, 9.17) is 11.6 Å². The molecule has 22 heavy (non-hydrogen) atoms. The van der Waals surface area contributed by atoms with Gasteiger partial charge in [0.2, 0.25) is 0 Å². The first kappa shape index (κ1) is 16.8. The van der Waals surface area contributed by atoms with Gasteiger partial charge in [0, 0.05) is 29.8 Å². The predicted octanol–water partition coefficient (Wildman–Crippen LogP) is 3.47. The summed E-state index contributed by atoms with van der Waals surface area (Å²) in [6, 6.07) is 10.2. The van der Waals surface area contributed by atoms with Gasteiger partial charge >= 0.3 is 0 Å². The van der Waals surface area contributed by atoms with Gasteiger partial charge in [-0.25, -0.2) is 0 Å². The van der Waals surface area contributed by atoms with Crippen molar-refractivity contribution in [2.24, 2.45) is 0 Å². The molecule has 116 valence electrons. The van der Waals surface area contributed by atoms with E-state index in [1.807, 2.05) is 0 Å². The van der Waals surface area contributed by atoms with Crippen LogP contribution in [0, 0.1) is 0 Å². The van der Waals surface area contributed by atoms with E-state index in [0.717, 1.165) is 17.3 Å². The fraction of sp³-hybridized carbons (Fsp3) is 0.250. The van der Waals surface area contributed by atoms with Crippen LogP contribution in [0.15, 0.2) is 51.9 Å². The molecule has 1 amide bonds. The number of aromatic nitrogens is 1. The standard InChI is InChI=1S/C16H16BrClN2O2/c17-12-7-8-15(21)20(11-12)10-4-3-9-19-16(22)13-5-1-2-6-14(13)18/h1-2,5-8,11H,3-4,9-10H2,(H,19,22). The van der Waals surface area contributed by atoms with Gasteiger partial charge in [0.15, 0.2) is 0 Å². The summed E-state index contributed by atoms with van der Waals surface area (Å²) in [5, 5.41) is 3.28. The summed E-state index contributed by atoms with van der Waals surface area (Å²) >= 11 is 9.31. The monoisotopic (exact) mass is 382 g/mol. The minimum Gasteiger partial charge on any atom is -0.352 e. The lowest BCUT2D eigenvalue weighted by Gasteiger charge is -2.08. The maximum Gasteiger partial charge on any atom is 0.252 e. The first-order chi connectivity index (χ1) is 10.6. The van der Waals surface area contributed by atoms with E-state index in [1.54, 1.807) is 41.1 Å². The number of aryl methyl sites for hydroxylation is 1. The van der Waals surface area contributed by atoms with Gasteiger partial charge in [-0.15, -0.1) is 0 Å². The second-order valence-electron chi connectivity index (χ2n) is 4.82. The third-order valence-corrected chi connectivity index (χ3v) is 3.98. The quantitative estimate of drug-likeness (QED) is 0.777. The lowest BCUT2D eigenvalue weighted by atomic mass is 10.2. The van der Waals surface area contributed by atoms with Crippen molar-refractivity contribution in [1.29, 1.82) is 0 Å². The number of pyridine rings is 1. The first-order valence-electron chi connectivity index (χ1n) is 6.96. The number of hydrogen-bond acceptors (Lipinski definition) is 2. The number of nitrogens with one attached hydrogen (secondary N) is 1. The van der Waals surface area contributed by atoms with Crippen LogP contribution in [0.25, 0.3) is 0 Å². The molecule has 0 aliphatic carbocycles. The SMILES string of the molecule is O=C(NCCCCn1cc(Br)ccc1=O)c1ccccc1Cl. The van der Waals surface area contributed by atoms with E-state index >= 15 is 0 Å². The summed E-state index contributed by atoms with van der Waals surface area (Å²) in [6.07, 6.45) is 3.36. The van der Waals surface area contributed by atoms with Crippen LogP contribution in [0.4, 0.5) is 0 Å². The second kappa shape index (κ2) is 8.15. The van der Waals surface area contributed by atoms with Crippen molar-refractivity contribution in [2.75, 3.05) is 6.54 Å². The smallest absolute Gasteiger partial charge is 0.252 e. The summed E-state index contributed by atoms with van der Waals surface area (Å²) in [4.78, 5) is 23.6.